The Morgan fingerprint density at radius 1 is 1.10 bits per heavy atom. The maximum Gasteiger partial charge on any atom is 0.320 e. The molecule has 0 radical (unpaired) electrons. The highest BCUT2D eigenvalue weighted by atomic mass is 16.4. The van der Waals surface area contributed by atoms with Crippen molar-refractivity contribution in [1.29, 1.82) is 0 Å². The molecule has 6 heteroatoms. The van der Waals surface area contributed by atoms with Crippen LogP contribution in [-0.4, -0.2) is 63.3 Å². The standard InChI is InChI=1S/C15H24N2O4/c18-13-2-1-5-16(9-13)15(21)17-11-3-4-12(17)7-10(6-11)8-14(19)20/h10-13,18H,1-9H2,(H,19,20). The maximum absolute atomic E-state index is 12.7. The summed E-state index contributed by atoms with van der Waals surface area (Å²) in [6, 6.07) is 0.439. The van der Waals surface area contributed by atoms with E-state index in [-0.39, 0.29) is 30.5 Å². The van der Waals surface area contributed by atoms with E-state index < -0.39 is 12.1 Å². The Balaban J connectivity index is 1.64. The molecule has 0 spiro atoms. The van der Waals surface area contributed by atoms with Gasteiger partial charge in [0, 0.05) is 31.6 Å². The van der Waals surface area contributed by atoms with Crippen LogP contribution in [0.25, 0.3) is 0 Å². The number of hydrogen-bond donors (Lipinski definition) is 2. The summed E-state index contributed by atoms with van der Waals surface area (Å²) in [5.41, 5.74) is 0. The molecule has 3 saturated heterocycles. The highest BCUT2D eigenvalue weighted by Gasteiger charge is 2.45. The third-order valence-corrected chi connectivity index (χ3v) is 5.18. The molecule has 3 unspecified atom stereocenters. The van der Waals surface area contributed by atoms with Crippen LogP contribution in [0.5, 0.6) is 0 Å². The Kier molecular flexibility index (Phi) is 4.06. The predicted octanol–water partition coefficient (Wildman–Crippen LogP) is 1.28. The molecule has 3 fully saturated rings. The highest BCUT2D eigenvalue weighted by molar-refractivity contribution is 5.76. The van der Waals surface area contributed by atoms with Crippen molar-refractivity contribution in [3.05, 3.63) is 0 Å². The minimum atomic E-state index is -0.738. The number of fused-ring (bicyclic) bond motifs is 2. The van der Waals surface area contributed by atoms with Crippen molar-refractivity contribution in [2.24, 2.45) is 5.92 Å². The van der Waals surface area contributed by atoms with E-state index in [1.54, 1.807) is 4.90 Å². The van der Waals surface area contributed by atoms with E-state index in [1.165, 1.54) is 0 Å². The molecule has 0 aromatic carbocycles. The largest absolute Gasteiger partial charge is 0.481 e. The summed E-state index contributed by atoms with van der Waals surface area (Å²) in [6.07, 6.45) is 5.05. The molecule has 0 saturated carbocycles. The number of carbonyl (C=O) groups excluding carboxylic acids is 1. The number of rotatable bonds is 2. The van der Waals surface area contributed by atoms with E-state index in [2.05, 4.69) is 0 Å². The molecule has 2 bridgehead atoms. The van der Waals surface area contributed by atoms with Crippen molar-refractivity contribution in [2.75, 3.05) is 13.1 Å². The third kappa shape index (κ3) is 3.00. The lowest BCUT2D eigenvalue weighted by Gasteiger charge is -2.42. The first-order valence-electron chi connectivity index (χ1n) is 8.01. The van der Waals surface area contributed by atoms with E-state index in [9.17, 15) is 14.7 Å². The van der Waals surface area contributed by atoms with Crippen molar-refractivity contribution in [3.8, 4) is 0 Å². The number of carboxylic acids is 1. The Morgan fingerprint density at radius 3 is 2.33 bits per heavy atom. The van der Waals surface area contributed by atoms with Gasteiger partial charge in [-0.2, -0.15) is 0 Å². The van der Waals surface area contributed by atoms with Gasteiger partial charge in [0.05, 0.1) is 6.10 Å². The molecular weight excluding hydrogens is 272 g/mol. The first kappa shape index (κ1) is 14.6. The van der Waals surface area contributed by atoms with Gasteiger partial charge in [-0.1, -0.05) is 0 Å². The second kappa shape index (κ2) is 5.83. The number of likely N-dealkylation sites (tertiary alicyclic amines) is 1. The Labute approximate surface area is 124 Å². The molecule has 0 aromatic heterocycles. The Bertz CT molecular complexity index is 414. The van der Waals surface area contributed by atoms with Gasteiger partial charge >= 0.3 is 12.0 Å². The van der Waals surface area contributed by atoms with Gasteiger partial charge in [-0.3, -0.25) is 4.79 Å². The topological polar surface area (TPSA) is 81.1 Å². The lowest BCUT2D eigenvalue weighted by atomic mass is 9.88. The molecule has 0 aliphatic carbocycles. The van der Waals surface area contributed by atoms with Crippen molar-refractivity contribution in [2.45, 2.75) is 63.1 Å². The molecule has 3 aliphatic rings. The van der Waals surface area contributed by atoms with Crippen LogP contribution < -0.4 is 0 Å². The average molecular weight is 296 g/mol. The summed E-state index contributed by atoms with van der Waals surface area (Å²) in [6.45, 7) is 1.16. The van der Waals surface area contributed by atoms with E-state index >= 15 is 0 Å². The zero-order chi connectivity index (χ0) is 15.0. The highest BCUT2D eigenvalue weighted by Crippen LogP contribution is 2.40. The summed E-state index contributed by atoms with van der Waals surface area (Å²) in [5, 5.41) is 18.7. The molecule has 3 heterocycles. The van der Waals surface area contributed by atoms with Crippen molar-refractivity contribution < 1.29 is 19.8 Å². The Hall–Kier alpha value is -1.30. The minimum absolute atomic E-state index is 0.0509. The summed E-state index contributed by atoms with van der Waals surface area (Å²) >= 11 is 0. The van der Waals surface area contributed by atoms with Crippen molar-refractivity contribution in [3.63, 3.8) is 0 Å². The number of nitrogens with zero attached hydrogens (tertiary/aromatic N) is 2. The van der Waals surface area contributed by atoms with E-state index in [1.807, 2.05) is 4.90 Å². The lowest BCUT2D eigenvalue weighted by molar-refractivity contribution is -0.138. The molecule has 2 amide bonds. The van der Waals surface area contributed by atoms with Gasteiger partial charge < -0.3 is 20.0 Å². The summed E-state index contributed by atoms with van der Waals surface area (Å²) in [4.78, 5) is 27.4. The number of urea groups is 1. The summed E-state index contributed by atoms with van der Waals surface area (Å²) < 4.78 is 0. The number of hydrogen-bond acceptors (Lipinski definition) is 3. The van der Waals surface area contributed by atoms with Crippen molar-refractivity contribution >= 4 is 12.0 Å². The number of piperidine rings is 2. The van der Waals surface area contributed by atoms with Gasteiger partial charge in [0.15, 0.2) is 0 Å². The molecular formula is C15H24N2O4. The molecule has 2 N–H and O–H groups in total. The second-order valence-corrected chi connectivity index (χ2v) is 6.75. The van der Waals surface area contributed by atoms with Gasteiger partial charge in [-0.05, 0) is 44.4 Å². The molecule has 21 heavy (non-hydrogen) atoms. The SMILES string of the molecule is O=C(O)CC1CC2CCC(C1)N2C(=O)N1CCCC(O)C1. The number of carbonyl (C=O) groups is 2. The lowest BCUT2D eigenvalue weighted by Crippen LogP contribution is -2.55. The van der Waals surface area contributed by atoms with Crippen LogP contribution in [0, 0.1) is 5.92 Å². The predicted molar refractivity (Wildman–Crippen MR) is 75.8 cm³/mol. The number of β-amino-alcohol motifs (C(OH)–C–C–N with tert-alkyl or cyclic N) is 1. The fourth-order valence-corrected chi connectivity index (χ4v) is 4.31. The monoisotopic (exact) mass is 296 g/mol. The van der Waals surface area contributed by atoms with Crippen LogP contribution >= 0.6 is 0 Å². The molecule has 6 nitrogen and oxygen atoms in total. The molecule has 3 atom stereocenters. The molecule has 3 rings (SSSR count). The first-order chi connectivity index (χ1) is 10.0. The zero-order valence-corrected chi connectivity index (χ0v) is 12.3. The number of aliphatic hydroxyl groups is 1. The van der Waals surface area contributed by atoms with Gasteiger partial charge in [0.2, 0.25) is 0 Å². The van der Waals surface area contributed by atoms with Crippen molar-refractivity contribution in [1.82, 2.24) is 9.80 Å². The molecule has 118 valence electrons. The van der Waals surface area contributed by atoms with Crippen LogP contribution in [0.4, 0.5) is 4.79 Å². The van der Waals surface area contributed by atoms with Gasteiger partial charge in [0.1, 0.15) is 0 Å². The van der Waals surface area contributed by atoms with E-state index in [0.29, 0.717) is 6.54 Å². The third-order valence-electron chi connectivity index (χ3n) is 5.18. The van der Waals surface area contributed by atoms with Crippen LogP contribution in [-0.2, 0) is 4.79 Å². The molecule has 0 aromatic rings. The fraction of sp³-hybridized carbons (Fsp3) is 0.867. The van der Waals surface area contributed by atoms with Gasteiger partial charge in [-0.25, -0.2) is 4.79 Å². The second-order valence-electron chi connectivity index (χ2n) is 6.75. The number of aliphatic carboxylic acids is 1. The maximum atomic E-state index is 12.7. The quantitative estimate of drug-likeness (QED) is 0.804. The average Bonchev–Trinajstić information content (AvgIpc) is 2.69. The minimum Gasteiger partial charge on any atom is -0.481 e. The van der Waals surface area contributed by atoms with E-state index in [0.717, 1.165) is 45.1 Å². The van der Waals surface area contributed by atoms with Gasteiger partial charge in [0.25, 0.3) is 0 Å². The fourth-order valence-electron chi connectivity index (χ4n) is 4.31. The number of aliphatic hydroxyl groups excluding tert-OH is 1. The van der Waals surface area contributed by atoms with Gasteiger partial charge in [-0.15, -0.1) is 0 Å². The number of amides is 2. The van der Waals surface area contributed by atoms with Crippen LogP contribution in [0.2, 0.25) is 0 Å². The number of carboxylic acid groups (broad SMARTS) is 1. The normalized spacial score (nSPS) is 35.9. The zero-order valence-electron chi connectivity index (χ0n) is 12.3. The first-order valence-corrected chi connectivity index (χ1v) is 8.01. The summed E-state index contributed by atoms with van der Waals surface area (Å²) in [7, 11) is 0. The van der Waals surface area contributed by atoms with Crippen LogP contribution in [0.15, 0.2) is 0 Å². The van der Waals surface area contributed by atoms with E-state index in [4.69, 9.17) is 5.11 Å². The smallest absolute Gasteiger partial charge is 0.320 e. The summed E-state index contributed by atoms with van der Waals surface area (Å²) in [5.74, 6) is -0.533. The molecule has 3 aliphatic heterocycles. The Morgan fingerprint density at radius 2 is 1.76 bits per heavy atom. The van der Waals surface area contributed by atoms with Crippen LogP contribution in [0.3, 0.4) is 0 Å². The van der Waals surface area contributed by atoms with Crippen LogP contribution in [0.1, 0.15) is 44.9 Å².